The summed E-state index contributed by atoms with van der Waals surface area (Å²) in [7, 11) is 0. The van der Waals surface area contributed by atoms with Crippen molar-refractivity contribution in [3.63, 3.8) is 0 Å². The minimum atomic E-state index is 0.909. The van der Waals surface area contributed by atoms with Crippen LogP contribution in [-0.4, -0.2) is 0 Å². The Bertz CT molecular complexity index is 168. The van der Waals surface area contributed by atoms with Gasteiger partial charge in [0.25, 0.3) is 0 Å². The Balaban J connectivity index is 4.00. The van der Waals surface area contributed by atoms with Gasteiger partial charge in [-0.3, -0.25) is 0 Å². The fourth-order valence-electron chi connectivity index (χ4n) is 1.95. The summed E-state index contributed by atoms with van der Waals surface area (Å²) in [6, 6.07) is 0. The lowest BCUT2D eigenvalue weighted by molar-refractivity contribution is 0.437. The molecule has 0 unspecified atom stereocenters. The maximum Gasteiger partial charge on any atom is -0.0291 e. The van der Waals surface area contributed by atoms with Crippen molar-refractivity contribution in [1.29, 1.82) is 0 Å². The second kappa shape index (κ2) is 9.05. The zero-order chi connectivity index (χ0) is 10.8. The first-order chi connectivity index (χ1) is 6.74. The van der Waals surface area contributed by atoms with Crippen LogP contribution >= 0.6 is 0 Å². The van der Waals surface area contributed by atoms with Crippen LogP contribution in [0.1, 0.15) is 59.8 Å². The molecule has 0 radical (unpaired) electrons. The van der Waals surface area contributed by atoms with E-state index in [-0.39, 0.29) is 0 Å². The highest BCUT2D eigenvalue weighted by atomic mass is 14.1. The number of hydrogen-bond acceptors (Lipinski definition) is 0. The monoisotopic (exact) mass is 194 g/mol. The molecule has 0 heterocycles. The minimum Gasteiger partial charge on any atom is -0.0877 e. The molecule has 0 aliphatic heterocycles. The second-order valence-electron chi connectivity index (χ2n) is 4.19. The first-order valence-corrected chi connectivity index (χ1v) is 6.03. The van der Waals surface area contributed by atoms with Crippen LogP contribution < -0.4 is 0 Å². The largest absolute Gasteiger partial charge is 0.0877 e. The third-order valence-electron chi connectivity index (χ3n) is 2.58. The molecule has 0 aromatic heterocycles. The van der Waals surface area contributed by atoms with E-state index in [9.17, 15) is 0 Å². The molecular formula is C14H26. The normalized spacial score (nSPS) is 13.1. The van der Waals surface area contributed by atoms with Gasteiger partial charge >= 0.3 is 0 Å². The van der Waals surface area contributed by atoms with Gasteiger partial charge in [0.1, 0.15) is 0 Å². The third kappa shape index (κ3) is 6.94. The molecule has 0 saturated carbocycles. The van der Waals surface area contributed by atoms with Crippen LogP contribution in [0, 0.1) is 5.92 Å². The molecule has 0 atom stereocenters. The lowest BCUT2D eigenvalue weighted by Crippen LogP contribution is -2.00. The highest BCUT2D eigenvalue weighted by Gasteiger charge is 2.06. The SMILES string of the molecule is C/C=C\C=C(/C)CC(CCC)CCC. The molecule has 0 aromatic rings. The number of hydrogen-bond donors (Lipinski definition) is 0. The van der Waals surface area contributed by atoms with Gasteiger partial charge in [-0.2, -0.15) is 0 Å². The van der Waals surface area contributed by atoms with Gasteiger partial charge < -0.3 is 0 Å². The molecule has 0 spiro atoms. The fourth-order valence-corrected chi connectivity index (χ4v) is 1.95. The molecule has 0 aromatic carbocycles. The van der Waals surface area contributed by atoms with Crippen molar-refractivity contribution in [3.05, 3.63) is 23.8 Å². The van der Waals surface area contributed by atoms with Gasteiger partial charge in [-0.25, -0.2) is 0 Å². The van der Waals surface area contributed by atoms with E-state index in [1.165, 1.54) is 37.7 Å². The lowest BCUT2D eigenvalue weighted by Gasteiger charge is -2.15. The van der Waals surface area contributed by atoms with E-state index in [2.05, 4.69) is 45.9 Å². The minimum absolute atomic E-state index is 0.909. The van der Waals surface area contributed by atoms with Gasteiger partial charge in [0, 0.05) is 0 Å². The molecule has 82 valence electrons. The quantitative estimate of drug-likeness (QED) is 0.494. The average Bonchev–Trinajstić information content (AvgIpc) is 2.15. The Labute approximate surface area is 90.1 Å². The Morgan fingerprint density at radius 1 is 1.14 bits per heavy atom. The molecule has 0 nitrogen and oxygen atoms in total. The van der Waals surface area contributed by atoms with Crippen LogP contribution in [0.4, 0.5) is 0 Å². The molecule has 0 bridgehead atoms. The molecule has 0 rings (SSSR count). The summed E-state index contributed by atoms with van der Waals surface area (Å²) >= 11 is 0. The van der Waals surface area contributed by atoms with Crippen molar-refractivity contribution >= 4 is 0 Å². The Morgan fingerprint density at radius 3 is 2.14 bits per heavy atom. The van der Waals surface area contributed by atoms with Crippen molar-refractivity contribution in [2.45, 2.75) is 59.8 Å². The smallest absolute Gasteiger partial charge is 0.0291 e. The van der Waals surface area contributed by atoms with Crippen LogP contribution in [0.25, 0.3) is 0 Å². The second-order valence-corrected chi connectivity index (χ2v) is 4.19. The number of rotatable bonds is 7. The molecule has 14 heavy (non-hydrogen) atoms. The van der Waals surface area contributed by atoms with Gasteiger partial charge in [-0.15, -0.1) is 0 Å². The summed E-state index contributed by atoms with van der Waals surface area (Å²) in [4.78, 5) is 0. The van der Waals surface area contributed by atoms with Crippen LogP contribution in [0.2, 0.25) is 0 Å². The van der Waals surface area contributed by atoms with Gasteiger partial charge in [-0.1, -0.05) is 63.3 Å². The molecule has 0 N–H and O–H groups in total. The molecule has 0 saturated heterocycles. The highest BCUT2D eigenvalue weighted by molar-refractivity contribution is 5.10. The van der Waals surface area contributed by atoms with E-state index in [4.69, 9.17) is 0 Å². The molecular weight excluding hydrogens is 168 g/mol. The van der Waals surface area contributed by atoms with E-state index in [0.29, 0.717) is 0 Å². The average molecular weight is 194 g/mol. The number of allylic oxidation sites excluding steroid dienone is 4. The molecule has 0 fully saturated rings. The summed E-state index contributed by atoms with van der Waals surface area (Å²) in [6.07, 6.45) is 13.2. The standard InChI is InChI=1S/C14H26/c1-5-8-11-13(4)12-14(9-6-2)10-7-3/h5,8,11,14H,6-7,9-10,12H2,1-4H3/b8-5-,13-11+. The highest BCUT2D eigenvalue weighted by Crippen LogP contribution is 2.21. The van der Waals surface area contributed by atoms with Crippen molar-refractivity contribution in [2.24, 2.45) is 5.92 Å². The predicted octanol–water partition coefficient (Wildman–Crippen LogP) is 5.12. The van der Waals surface area contributed by atoms with Crippen molar-refractivity contribution in [1.82, 2.24) is 0 Å². The van der Waals surface area contributed by atoms with Crippen LogP contribution in [0.5, 0.6) is 0 Å². The Kier molecular flexibility index (Phi) is 8.72. The maximum absolute atomic E-state index is 2.29. The molecule has 0 aliphatic carbocycles. The molecule has 0 aliphatic rings. The first-order valence-electron chi connectivity index (χ1n) is 6.03. The first kappa shape index (κ1) is 13.5. The van der Waals surface area contributed by atoms with Crippen LogP contribution in [0.15, 0.2) is 23.8 Å². The van der Waals surface area contributed by atoms with E-state index in [1.807, 2.05) is 0 Å². The summed E-state index contributed by atoms with van der Waals surface area (Å²) in [5.74, 6) is 0.909. The zero-order valence-electron chi connectivity index (χ0n) is 10.3. The summed E-state index contributed by atoms with van der Waals surface area (Å²) in [6.45, 7) is 8.89. The van der Waals surface area contributed by atoms with Gasteiger partial charge in [0.15, 0.2) is 0 Å². The predicted molar refractivity (Wildman–Crippen MR) is 66.5 cm³/mol. The van der Waals surface area contributed by atoms with Crippen molar-refractivity contribution in [3.8, 4) is 0 Å². The van der Waals surface area contributed by atoms with Gasteiger partial charge in [-0.05, 0) is 26.2 Å². The topological polar surface area (TPSA) is 0 Å². The van der Waals surface area contributed by atoms with Gasteiger partial charge in [0.05, 0.1) is 0 Å². The van der Waals surface area contributed by atoms with Crippen LogP contribution in [0.3, 0.4) is 0 Å². The summed E-state index contributed by atoms with van der Waals surface area (Å²) in [5, 5.41) is 0. The van der Waals surface area contributed by atoms with Crippen molar-refractivity contribution < 1.29 is 0 Å². The third-order valence-corrected chi connectivity index (χ3v) is 2.58. The van der Waals surface area contributed by atoms with E-state index in [1.54, 1.807) is 0 Å². The Hall–Kier alpha value is -0.520. The fraction of sp³-hybridized carbons (Fsp3) is 0.714. The van der Waals surface area contributed by atoms with E-state index < -0.39 is 0 Å². The maximum atomic E-state index is 2.29. The summed E-state index contributed by atoms with van der Waals surface area (Å²) < 4.78 is 0. The van der Waals surface area contributed by atoms with Crippen LogP contribution in [-0.2, 0) is 0 Å². The van der Waals surface area contributed by atoms with E-state index in [0.717, 1.165) is 5.92 Å². The van der Waals surface area contributed by atoms with E-state index >= 15 is 0 Å². The Morgan fingerprint density at radius 2 is 1.71 bits per heavy atom. The molecule has 0 heteroatoms. The lowest BCUT2D eigenvalue weighted by atomic mass is 9.91. The molecule has 0 amide bonds. The van der Waals surface area contributed by atoms with Gasteiger partial charge in [0.2, 0.25) is 0 Å². The zero-order valence-corrected chi connectivity index (χ0v) is 10.3. The summed E-state index contributed by atoms with van der Waals surface area (Å²) in [5.41, 5.74) is 1.52. The van der Waals surface area contributed by atoms with Crippen molar-refractivity contribution in [2.75, 3.05) is 0 Å².